The highest BCUT2D eigenvalue weighted by Gasteiger charge is 2.22. The molecule has 1 aromatic rings. The van der Waals surface area contributed by atoms with Crippen molar-refractivity contribution >= 4 is 51.3 Å². The van der Waals surface area contributed by atoms with E-state index in [9.17, 15) is 8.42 Å². The Balaban J connectivity index is 0.00000576. The second kappa shape index (κ2) is 11.3. The summed E-state index contributed by atoms with van der Waals surface area (Å²) < 4.78 is 24.8. The predicted octanol–water partition coefficient (Wildman–Crippen LogP) is 2.48. The van der Waals surface area contributed by atoms with E-state index < -0.39 is 10.0 Å². The van der Waals surface area contributed by atoms with E-state index in [2.05, 4.69) is 47.0 Å². The Morgan fingerprint density at radius 3 is 2.56 bits per heavy atom. The van der Waals surface area contributed by atoms with Crippen molar-refractivity contribution in [2.24, 2.45) is 4.99 Å². The molecule has 0 aromatic carbocycles. The minimum Gasteiger partial charge on any atom is -0.356 e. The maximum absolute atomic E-state index is 11.7. The van der Waals surface area contributed by atoms with E-state index in [1.54, 1.807) is 32.4 Å². The van der Waals surface area contributed by atoms with Crippen LogP contribution >= 0.6 is 35.3 Å². The van der Waals surface area contributed by atoms with Crippen LogP contribution in [0.5, 0.6) is 0 Å². The first-order chi connectivity index (χ1) is 11.2. The Bertz CT molecular complexity index is 616. The van der Waals surface area contributed by atoms with Crippen molar-refractivity contribution in [1.82, 2.24) is 14.9 Å². The molecular weight excluding hydrogens is 471 g/mol. The number of rotatable bonds is 9. The zero-order valence-electron chi connectivity index (χ0n) is 15.7. The number of sulfonamides is 1. The van der Waals surface area contributed by atoms with E-state index in [0.29, 0.717) is 13.1 Å². The summed E-state index contributed by atoms with van der Waals surface area (Å²) in [5.41, 5.74) is 0.0290. The Hall–Kier alpha value is -0.390. The highest BCUT2D eigenvalue weighted by Crippen LogP contribution is 2.26. The minimum atomic E-state index is -3.10. The SMILES string of the molecule is CCS(=O)(=O)N(C)CCCNC(=NC)NCC(C)(C)c1cccs1.I. The van der Waals surface area contributed by atoms with Crippen LogP contribution < -0.4 is 10.6 Å². The summed E-state index contributed by atoms with van der Waals surface area (Å²) in [6.45, 7) is 8.00. The van der Waals surface area contributed by atoms with Crippen LogP contribution in [0.25, 0.3) is 0 Å². The number of thiophene rings is 1. The highest BCUT2D eigenvalue weighted by atomic mass is 127. The van der Waals surface area contributed by atoms with E-state index >= 15 is 0 Å². The van der Waals surface area contributed by atoms with Gasteiger partial charge in [-0.3, -0.25) is 4.99 Å². The number of nitrogens with one attached hydrogen (secondary N) is 2. The number of guanidine groups is 1. The van der Waals surface area contributed by atoms with Gasteiger partial charge in [-0.15, -0.1) is 35.3 Å². The van der Waals surface area contributed by atoms with Crippen molar-refractivity contribution in [3.05, 3.63) is 22.4 Å². The summed E-state index contributed by atoms with van der Waals surface area (Å²) in [7, 11) is 0.259. The number of hydrogen-bond donors (Lipinski definition) is 2. The molecule has 0 aliphatic rings. The lowest BCUT2D eigenvalue weighted by Gasteiger charge is -2.25. The summed E-state index contributed by atoms with van der Waals surface area (Å²) in [4.78, 5) is 5.55. The van der Waals surface area contributed by atoms with Gasteiger partial charge in [-0.25, -0.2) is 12.7 Å². The molecule has 0 aliphatic carbocycles. The van der Waals surface area contributed by atoms with Gasteiger partial charge in [0.25, 0.3) is 0 Å². The fraction of sp³-hybridized carbons (Fsp3) is 0.688. The molecule has 1 rings (SSSR count). The van der Waals surface area contributed by atoms with Gasteiger partial charge in [-0.2, -0.15) is 0 Å². The summed E-state index contributed by atoms with van der Waals surface area (Å²) in [6, 6.07) is 4.21. The smallest absolute Gasteiger partial charge is 0.213 e. The highest BCUT2D eigenvalue weighted by molar-refractivity contribution is 14.0. The van der Waals surface area contributed by atoms with E-state index in [1.165, 1.54) is 9.18 Å². The Kier molecular flexibility index (Phi) is 11.2. The molecule has 0 radical (unpaired) electrons. The monoisotopic (exact) mass is 502 g/mol. The molecule has 0 aliphatic heterocycles. The largest absolute Gasteiger partial charge is 0.356 e. The van der Waals surface area contributed by atoms with Gasteiger partial charge in [0.2, 0.25) is 10.0 Å². The van der Waals surface area contributed by atoms with Gasteiger partial charge in [0.15, 0.2) is 5.96 Å². The Morgan fingerprint density at radius 2 is 2.04 bits per heavy atom. The van der Waals surface area contributed by atoms with Crippen molar-refractivity contribution in [3.8, 4) is 0 Å². The fourth-order valence-electron chi connectivity index (χ4n) is 2.14. The van der Waals surface area contributed by atoms with Crippen LogP contribution in [0.2, 0.25) is 0 Å². The van der Waals surface area contributed by atoms with E-state index in [-0.39, 0.29) is 35.1 Å². The van der Waals surface area contributed by atoms with Gasteiger partial charge in [0, 0.05) is 44.0 Å². The topological polar surface area (TPSA) is 73.8 Å². The average Bonchev–Trinajstić information content (AvgIpc) is 3.09. The molecule has 0 fully saturated rings. The average molecular weight is 502 g/mol. The van der Waals surface area contributed by atoms with Crippen molar-refractivity contribution < 1.29 is 8.42 Å². The standard InChI is InChI=1S/C16H30N4O2S2.HI/c1-6-24(21,22)20(5)11-8-10-18-15(17-4)19-13-16(2,3)14-9-7-12-23-14;/h7,9,12H,6,8,10-11,13H2,1-5H3,(H2,17,18,19);1H. The van der Waals surface area contributed by atoms with Crippen LogP contribution in [0, 0.1) is 0 Å². The van der Waals surface area contributed by atoms with Crippen molar-refractivity contribution in [3.63, 3.8) is 0 Å². The lowest BCUT2D eigenvalue weighted by molar-refractivity contribution is 0.460. The molecule has 0 amide bonds. The molecule has 6 nitrogen and oxygen atoms in total. The normalized spacial score (nSPS) is 12.8. The first-order valence-electron chi connectivity index (χ1n) is 8.15. The third-order valence-electron chi connectivity index (χ3n) is 3.89. The second-order valence-electron chi connectivity index (χ2n) is 6.29. The Labute approximate surface area is 173 Å². The molecule has 0 unspecified atom stereocenters. The minimum absolute atomic E-state index is 0. The molecule has 0 atom stereocenters. The molecule has 0 spiro atoms. The van der Waals surface area contributed by atoms with Crippen molar-refractivity contribution in [2.75, 3.05) is 39.5 Å². The lowest BCUT2D eigenvalue weighted by Crippen LogP contribution is -2.44. The molecular formula is C16H31IN4O2S2. The van der Waals surface area contributed by atoms with Crippen LogP contribution in [0.1, 0.15) is 32.1 Å². The van der Waals surface area contributed by atoms with Crippen LogP contribution in [-0.2, 0) is 15.4 Å². The van der Waals surface area contributed by atoms with Crippen LogP contribution in [0.3, 0.4) is 0 Å². The molecule has 0 bridgehead atoms. The van der Waals surface area contributed by atoms with Gasteiger partial charge < -0.3 is 10.6 Å². The molecule has 25 heavy (non-hydrogen) atoms. The maximum atomic E-state index is 11.7. The zero-order valence-corrected chi connectivity index (χ0v) is 19.7. The third-order valence-corrected chi connectivity index (χ3v) is 6.99. The van der Waals surface area contributed by atoms with Crippen molar-refractivity contribution in [2.45, 2.75) is 32.6 Å². The lowest BCUT2D eigenvalue weighted by atomic mass is 9.91. The third kappa shape index (κ3) is 8.23. The van der Waals surface area contributed by atoms with E-state index in [0.717, 1.165) is 18.9 Å². The molecule has 9 heteroatoms. The molecule has 0 saturated heterocycles. The van der Waals surface area contributed by atoms with Gasteiger partial charge in [-0.05, 0) is 24.8 Å². The number of nitrogens with zero attached hydrogens (tertiary/aromatic N) is 2. The second-order valence-corrected chi connectivity index (χ2v) is 9.60. The summed E-state index contributed by atoms with van der Waals surface area (Å²) in [5, 5.41) is 8.66. The zero-order chi connectivity index (χ0) is 18.2. The molecule has 2 N–H and O–H groups in total. The summed E-state index contributed by atoms with van der Waals surface area (Å²) >= 11 is 1.76. The summed E-state index contributed by atoms with van der Waals surface area (Å²) in [5.74, 6) is 0.874. The fourth-order valence-corrected chi connectivity index (χ4v) is 3.84. The van der Waals surface area contributed by atoms with E-state index in [1.807, 2.05) is 0 Å². The van der Waals surface area contributed by atoms with Gasteiger partial charge in [0.1, 0.15) is 0 Å². The van der Waals surface area contributed by atoms with E-state index in [4.69, 9.17) is 0 Å². The number of halogens is 1. The van der Waals surface area contributed by atoms with Gasteiger partial charge in [0.05, 0.1) is 5.75 Å². The maximum Gasteiger partial charge on any atom is 0.213 e. The van der Waals surface area contributed by atoms with Crippen LogP contribution in [0.4, 0.5) is 0 Å². The molecule has 1 aromatic heterocycles. The predicted molar refractivity (Wildman–Crippen MR) is 119 cm³/mol. The Morgan fingerprint density at radius 1 is 1.36 bits per heavy atom. The molecule has 146 valence electrons. The van der Waals surface area contributed by atoms with Crippen LogP contribution in [0.15, 0.2) is 22.5 Å². The molecule has 0 saturated carbocycles. The van der Waals surface area contributed by atoms with Gasteiger partial charge in [-0.1, -0.05) is 19.9 Å². The van der Waals surface area contributed by atoms with Gasteiger partial charge >= 0.3 is 0 Å². The number of hydrogen-bond acceptors (Lipinski definition) is 4. The first kappa shape index (κ1) is 24.6. The summed E-state index contributed by atoms with van der Waals surface area (Å²) in [6.07, 6.45) is 0.727. The van der Waals surface area contributed by atoms with Crippen LogP contribution in [-0.4, -0.2) is 58.2 Å². The number of aliphatic imine (C=N–C) groups is 1. The quantitative estimate of drug-likeness (QED) is 0.236. The first-order valence-corrected chi connectivity index (χ1v) is 10.6. The molecule has 1 heterocycles. The van der Waals surface area contributed by atoms with Crippen molar-refractivity contribution in [1.29, 1.82) is 0 Å².